The van der Waals surface area contributed by atoms with Gasteiger partial charge in [0.1, 0.15) is 0 Å². The van der Waals surface area contributed by atoms with Crippen molar-refractivity contribution in [3.05, 3.63) is 33.4 Å². The Morgan fingerprint density at radius 1 is 0.947 bits per heavy atom. The quantitative estimate of drug-likeness (QED) is 0.698. The molecule has 0 radical (unpaired) electrons. The van der Waals surface area contributed by atoms with Crippen LogP contribution in [-0.4, -0.2) is 12.7 Å². The minimum atomic E-state index is 0.0722. The molecule has 1 aliphatic rings. The summed E-state index contributed by atoms with van der Waals surface area (Å²) in [6, 6.07) is 0. The van der Waals surface area contributed by atoms with E-state index in [1.807, 2.05) is 0 Å². The van der Waals surface area contributed by atoms with Crippen molar-refractivity contribution in [3.8, 4) is 0 Å². The van der Waals surface area contributed by atoms with Gasteiger partial charge >= 0.3 is 0 Å². The molecule has 0 bridgehead atoms. The van der Waals surface area contributed by atoms with Crippen molar-refractivity contribution >= 4 is 11.6 Å². The smallest absolute Gasteiger partial charge is 0.0641 e. The van der Waals surface area contributed by atoms with Crippen molar-refractivity contribution in [2.75, 3.05) is 6.61 Å². The summed E-state index contributed by atoms with van der Waals surface area (Å²) in [6.45, 7) is 14.0. The van der Waals surface area contributed by atoms with Crippen molar-refractivity contribution < 1.29 is 4.74 Å². The van der Waals surface area contributed by atoms with E-state index in [9.17, 15) is 0 Å². The summed E-state index contributed by atoms with van der Waals surface area (Å²) in [4.78, 5) is 0. The number of hydrogen-bond donors (Lipinski definition) is 0. The van der Waals surface area contributed by atoms with Crippen LogP contribution in [0.25, 0.3) is 0 Å². The molecule has 2 heteroatoms. The Balaban J connectivity index is 2.45. The van der Waals surface area contributed by atoms with Crippen molar-refractivity contribution in [1.29, 1.82) is 0 Å². The molecule has 0 N–H and O–H groups in total. The van der Waals surface area contributed by atoms with Crippen LogP contribution in [0, 0.1) is 40.5 Å². The fraction of sp³-hybridized carbons (Fsp3) is 0.647. The fourth-order valence-corrected chi connectivity index (χ4v) is 3.74. The van der Waals surface area contributed by atoms with Gasteiger partial charge in [-0.25, -0.2) is 0 Å². The van der Waals surface area contributed by atoms with E-state index >= 15 is 0 Å². The number of benzene rings is 1. The molecule has 0 spiro atoms. The summed E-state index contributed by atoms with van der Waals surface area (Å²) in [7, 11) is 0. The Labute approximate surface area is 122 Å². The van der Waals surface area contributed by atoms with E-state index in [0.29, 0.717) is 12.0 Å². The molecule has 3 unspecified atom stereocenters. The summed E-state index contributed by atoms with van der Waals surface area (Å²) in [6.07, 6.45) is 1.42. The van der Waals surface area contributed by atoms with Crippen molar-refractivity contribution in [2.24, 2.45) is 5.92 Å². The van der Waals surface area contributed by atoms with Crippen LogP contribution in [0.2, 0.25) is 0 Å². The van der Waals surface area contributed by atoms with E-state index in [0.717, 1.165) is 13.0 Å². The minimum Gasteiger partial charge on any atom is -0.378 e. The lowest BCUT2D eigenvalue weighted by molar-refractivity contribution is 0.119. The maximum absolute atomic E-state index is 6.80. The Morgan fingerprint density at radius 2 is 1.42 bits per heavy atom. The van der Waals surface area contributed by atoms with Gasteiger partial charge in [-0.05, 0) is 81.3 Å². The summed E-state index contributed by atoms with van der Waals surface area (Å²) in [5, 5.41) is 0.0722. The van der Waals surface area contributed by atoms with E-state index < -0.39 is 0 Å². The molecule has 19 heavy (non-hydrogen) atoms. The normalized spacial score (nSPS) is 24.8. The second-order valence-electron chi connectivity index (χ2n) is 6.08. The van der Waals surface area contributed by atoms with Crippen molar-refractivity contribution in [2.45, 2.75) is 59.4 Å². The van der Waals surface area contributed by atoms with E-state index in [1.54, 1.807) is 0 Å². The molecule has 106 valence electrons. The molecule has 1 aliphatic heterocycles. The lowest BCUT2D eigenvalue weighted by Crippen LogP contribution is -2.13. The Kier molecular flexibility index (Phi) is 4.27. The highest BCUT2D eigenvalue weighted by molar-refractivity contribution is 6.21. The van der Waals surface area contributed by atoms with Crippen LogP contribution >= 0.6 is 11.6 Å². The van der Waals surface area contributed by atoms with Crippen molar-refractivity contribution in [1.82, 2.24) is 0 Å². The Bertz CT molecular complexity index is 464. The van der Waals surface area contributed by atoms with Crippen LogP contribution in [0.5, 0.6) is 0 Å². The van der Waals surface area contributed by atoms with Gasteiger partial charge in [-0.1, -0.05) is 0 Å². The van der Waals surface area contributed by atoms with E-state index in [1.165, 1.54) is 33.4 Å². The molecule has 1 aromatic rings. The zero-order valence-corrected chi connectivity index (χ0v) is 13.7. The molecule has 3 atom stereocenters. The van der Waals surface area contributed by atoms with E-state index in [-0.39, 0.29) is 5.38 Å². The molecule has 0 aliphatic carbocycles. The van der Waals surface area contributed by atoms with Crippen LogP contribution in [0.3, 0.4) is 0 Å². The van der Waals surface area contributed by atoms with Crippen LogP contribution in [0.15, 0.2) is 0 Å². The second kappa shape index (κ2) is 5.46. The molecular weight excluding hydrogens is 256 g/mol. The van der Waals surface area contributed by atoms with Crippen LogP contribution in [0.4, 0.5) is 0 Å². The van der Waals surface area contributed by atoms with Crippen LogP contribution in [-0.2, 0) is 4.74 Å². The first-order valence-corrected chi connectivity index (χ1v) is 7.60. The largest absolute Gasteiger partial charge is 0.378 e. The zero-order chi connectivity index (χ0) is 14.3. The third-order valence-corrected chi connectivity index (χ3v) is 5.55. The average molecular weight is 281 g/mol. The zero-order valence-electron chi connectivity index (χ0n) is 12.9. The number of halogens is 1. The standard InChI is InChI=1S/C17H25ClO/c1-9-7-15(8-19-9)17(18)16-13(5)11(3)10(2)12(4)14(16)6/h9,15,17H,7-8H2,1-6H3. The van der Waals surface area contributed by atoms with Gasteiger partial charge in [0.2, 0.25) is 0 Å². The third kappa shape index (κ3) is 2.55. The highest BCUT2D eigenvalue weighted by atomic mass is 35.5. The van der Waals surface area contributed by atoms with Gasteiger partial charge in [-0.15, -0.1) is 11.6 Å². The molecule has 2 rings (SSSR count). The van der Waals surface area contributed by atoms with Gasteiger partial charge in [0.15, 0.2) is 0 Å². The lowest BCUT2D eigenvalue weighted by atomic mass is 9.84. The van der Waals surface area contributed by atoms with Gasteiger partial charge < -0.3 is 4.74 Å². The van der Waals surface area contributed by atoms with Gasteiger partial charge in [0, 0.05) is 5.92 Å². The molecule has 1 heterocycles. The summed E-state index contributed by atoms with van der Waals surface area (Å²) in [5.41, 5.74) is 8.23. The number of hydrogen-bond acceptors (Lipinski definition) is 1. The third-order valence-electron chi connectivity index (χ3n) is 4.98. The molecular formula is C17H25ClO. The van der Waals surface area contributed by atoms with Gasteiger partial charge in [-0.3, -0.25) is 0 Å². The average Bonchev–Trinajstić information content (AvgIpc) is 2.81. The predicted molar refractivity (Wildman–Crippen MR) is 82.2 cm³/mol. The second-order valence-corrected chi connectivity index (χ2v) is 6.55. The van der Waals surface area contributed by atoms with Crippen molar-refractivity contribution in [3.63, 3.8) is 0 Å². The van der Waals surface area contributed by atoms with Gasteiger partial charge in [0.25, 0.3) is 0 Å². The van der Waals surface area contributed by atoms with E-state index in [2.05, 4.69) is 41.5 Å². The fourth-order valence-electron chi connectivity index (χ4n) is 3.23. The topological polar surface area (TPSA) is 9.23 Å². The molecule has 0 amide bonds. The first-order valence-electron chi connectivity index (χ1n) is 7.17. The lowest BCUT2D eigenvalue weighted by Gasteiger charge is -2.25. The summed E-state index contributed by atoms with van der Waals surface area (Å²) >= 11 is 6.80. The number of rotatable bonds is 2. The maximum atomic E-state index is 6.80. The molecule has 1 aromatic carbocycles. The highest BCUT2D eigenvalue weighted by Crippen LogP contribution is 2.41. The number of alkyl halides is 1. The highest BCUT2D eigenvalue weighted by Gasteiger charge is 2.31. The Morgan fingerprint density at radius 3 is 1.84 bits per heavy atom. The predicted octanol–water partition coefficient (Wildman–Crippen LogP) is 4.93. The van der Waals surface area contributed by atoms with E-state index in [4.69, 9.17) is 16.3 Å². The molecule has 0 aromatic heterocycles. The molecule has 1 nitrogen and oxygen atoms in total. The number of ether oxygens (including phenoxy) is 1. The summed E-state index contributed by atoms with van der Waals surface area (Å²) in [5.74, 6) is 0.440. The Hall–Kier alpha value is -0.530. The first-order chi connectivity index (χ1) is 8.84. The SMILES string of the molecule is Cc1c(C)c(C)c(C(Cl)C2COC(C)C2)c(C)c1C. The maximum Gasteiger partial charge on any atom is 0.0641 e. The molecule has 1 fully saturated rings. The first kappa shape index (κ1) is 14.9. The molecule has 0 saturated carbocycles. The molecule has 1 saturated heterocycles. The minimum absolute atomic E-state index is 0.0722. The van der Waals surface area contributed by atoms with Crippen LogP contribution < -0.4 is 0 Å². The van der Waals surface area contributed by atoms with Crippen LogP contribution in [0.1, 0.15) is 52.1 Å². The van der Waals surface area contributed by atoms with Gasteiger partial charge in [0.05, 0.1) is 18.1 Å². The van der Waals surface area contributed by atoms with Gasteiger partial charge in [-0.2, -0.15) is 0 Å². The monoisotopic (exact) mass is 280 g/mol. The summed E-state index contributed by atoms with van der Waals surface area (Å²) < 4.78 is 5.69.